The third-order valence-corrected chi connectivity index (χ3v) is 3.57. The Balaban J connectivity index is 1.92. The van der Waals surface area contributed by atoms with Crippen LogP contribution in [0.25, 0.3) is 0 Å². The number of nitrogens with zero attached hydrogens (tertiary/aromatic N) is 1. The molecule has 0 radical (unpaired) electrons. The Kier molecular flexibility index (Phi) is 6.54. The zero-order valence-corrected chi connectivity index (χ0v) is 11.1. The maximum Gasteiger partial charge on any atom is 0.101 e. The number of unbranched alkanes of at least 4 members (excludes halogenated alkanes) is 1. The van der Waals surface area contributed by atoms with Crippen molar-refractivity contribution in [1.82, 2.24) is 0 Å². The van der Waals surface area contributed by atoms with E-state index in [2.05, 4.69) is 6.07 Å². The first kappa shape index (κ1) is 14.5. The van der Waals surface area contributed by atoms with Gasteiger partial charge < -0.3 is 10.5 Å². The molecular weight excluding hydrogens is 212 g/mol. The van der Waals surface area contributed by atoms with E-state index in [-0.39, 0.29) is 0 Å². The van der Waals surface area contributed by atoms with Gasteiger partial charge in [0.15, 0.2) is 0 Å². The van der Waals surface area contributed by atoms with E-state index in [1.807, 2.05) is 0 Å². The lowest BCUT2D eigenvalue weighted by molar-refractivity contribution is 0.0821. The van der Waals surface area contributed by atoms with Gasteiger partial charge in [-0.05, 0) is 44.9 Å². The number of hydrogen-bond acceptors (Lipinski definition) is 3. The summed E-state index contributed by atoms with van der Waals surface area (Å²) in [7, 11) is 0. The van der Waals surface area contributed by atoms with Crippen LogP contribution < -0.4 is 5.73 Å². The standard InChI is InChI=1S/C14H26N2O/c1-14(16,12-15)9-5-6-10-17-11-13-7-3-2-4-8-13/h13H,2-11,16H2,1H3. The second kappa shape index (κ2) is 7.68. The molecule has 2 N–H and O–H groups in total. The molecule has 3 heteroatoms. The lowest BCUT2D eigenvalue weighted by Gasteiger charge is -2.21. The Morgan fingerprint density at radius 1 is 1.29 bits per heavy atom. The fourth-order valence-corrected chi connectivity index (χ4v) is 2.36. The van der Waals surface area contributed by atoms with Gasteiger partial charge in [-0.1, -0.05) is 19.3 Å². The van der Waals surface area contributed by atoms with Crippen LogP contribution in [0.4, 0.5) is 0 Å². The van der Waals surface area contributed by atoms with Crippen molar-refractivity contribution in [2.75, 3.05) is 13.2 Å². The minimum atomic E-state index is -0.663. The Labute approximate surface area is 105 Å². The summed E-state index contributed by atoms with van der Waals surface area (Å²) in [5.41, 5.74) is 5.08. The molecule has 0 heterocycles. The van der Waals surface area contributed by atoms with Crippen LogP contribution in [0, 0.1) is 17.2 Å². The number of nitriles is 1. The number of hydrogen-bond donors (Lipinski definition) is 1. The fourth-order valence-electron chi connectivity index (χ4n) is 2.36. The summed E-state index contributed by atoms with van der Waals surface area (Å²) < 4.78 is 5.70. The molecule has 0 amide bonds. The van der Waals surface area contributed by atoms with E-state index in [9.17, 15) is 0 Å². The summed E-state index contributed by atoms with van der Waals surface area (Å²) in [5.74, 6) is 0.794. The molecular formula is C14H26N2O. The second-order valence-corrected chi connectivity index (χ2v) is 5.57. The molecule has 0 aromatic heterocycles. The van der Waals surface area contributed by atoms with Gasteiger partial charge in [-0.3, -0.25) is 0 Å². The third kappa shape index (κ3) is 6.65. The molecule has 0 aromatic carbocycles. The Hall–Kier alpha value is -0.590. The molecule has 1 unspecified atom stereocenters. The van der Waals surface area contributed by atoms with E-state index < -0.39 is 5.54 Å². The van der Waals surface area contributed by atoms with E-state index in [0.29, 0.717) is 0 Å². The normalized spacial score (nSPS) is 20.8. The first-order valence-corrected chi connectivity index (χ1v) is 6.92. The monoisotopic (exact) mass is 238 g/mol. The quantitative estimate of drug-likeness (QED) is 0.694. The number of nitrogens with two attached hydrogens (primary N) is 1. The summed E-state index contributed by atoms with van der Waals surface area (Å²) >= 11 is 0. The van der Waals surface area contributed by atoms with Crippen molar-refractivity contribution in [3.05, 3.63) is 0 Å². The van der Waals surface area contributed by atoms with Gasteiger partial charge in [0.05, 0.1) is 6.07 Å². The minimum absolute atomic E-state index is 0.663. The second-order valence-electron chi connectivity index (χ2n) is 5.57. The van der Waals surface area contributed by atoms with Crippen LogP contribution in [0.1, 0.15) is 58.3 Å². The first-order valence-electron chi connectivity index (χ1n) is 6.92. The lowest BCUT2D eigenvalue weighted by Crippen LogP contribution is -2.33. The van der Waals surface area contributed by atoms with Crippen LogP contribution in [0.3, 0.4) is 0 Å². The maximum atomic E-state index is 8.76. The fraction of sp³-hybridized carbons (Fsp3) is 0.929. The Morgan fingerprint density at radius 3 is 2.65 bits per heavy atom. The van der Waals surface area contributed by atoms with Gasteiger partial charge in [-0.2, -0.15) is 5.26 Å². The van der Waals surface area contributed by atoms with Gasteiger partial charge in [-0.15, -0.1) is 0 Å². The van der Waals surface area contributed by atoms with Crippen LogP contribution in [0.5, 0.6) is 0 Å². The van der Waals surface area contributed by atoms with Crippen LogP contribution in [-0.2, 0) is 4.74 Å². The van der Waals surface area contributed by atoms with Gasteiger partial charge in [0.1, 0.15) is 5.54 Å². The van der Waals surface area contributed by atoms with Gasteiger partial charge >= 0.3 is 0 Å². The molecule has 1 aliphatic rings. The van der Waals surface area contributed by atoms with Gasteiger partial charge in [0.25, 0.3) is 0 Å². The SMILES string of the molecule is CC(N)(C#N)CCCCOCC1CCCCC1. The topological polar surface area (TPSA) is 59.0 Å². The van der Waals surface area contributed by atoms with Crippen molar-refractivity contribution < 1.29 is 4.74 Å². The van der Waals surface area contributed by atoms with Gasteiger partial charge in [-0.25, -0.2) is 0 Å². The average Bonchev–Trinajstić information content (AvgIpc) is 2.35. The molecule has 1 saturated carbocycles. The van der Waals surface area contributed by atoms with Crippen molar-refractivity contribution in [3.63, 3.8) is 0 Å². The van der Waals surface area contributed by atoms with Crippen molar-refractivity contribution in [3.8, 4) is 6.07 Å². The summed E-state index contributed by atoms with van der Waals surface area (Å²) in [6.45, 7) is 3.53. The Bertz CT molecular complexity index is 239. The zero-order valence-electron chi connectivity index (χ0n) is 11.1. The highest BCUT2D eigenvalue weighted by Gasteiger charge is 2.16. The van der Waals surface area contributed by atoms with Crippen molar-refractivity contribution >= 4 is 0 Å². The van der Waals surface area contributed by atoms with E-state index in [0.717, 1.165) is 38.4 Å². The summed E-state index contributed by atoms with van der Waals surface area (Å²) in [6.07, 6.45) is 9.59. The molecule has 1 fully saturated rings. The summed E-state index contributed by atoms with van der Waals surface area (Å²) in [6, 6.07) is 2.12. The smallest absolute Gasteiger partial charge is 0.101 e. The third-order valence-electron chi connectivity index (χ3n) is 3.57. The molecule has 1 atom stereocenters. The molecule has 3 nitrogen and oxygen atoms in total. The molecule has 1 aliphatic carbocycles. The highest BCUT2D eigenvalue weighted by Crippen LogP contribution is 2.23. The van der Waals surface area contributed by atoms with E-state index in [4.69, 9.17) is 15.7 Å². The van der Waals surface area contributed by atoms with Crippen LogP contribution in [0.15, 0.2) is 0 Å². The molecule has 17 heavy (non-hydrogen) atoms. The number of ether oxygens (including phenoxy) is 1. The minimum Gasteiger partial charge on any atom is -0.381 e. The maximum absolute atomic E-state index is 8.76. The molecule has 1 rings (SSSR count). The van der Waals surface area contributed by atoms with Gasteiger partial charge in [0, 0.05) is 13.2 Å². The molecule has 0 spiro atoms. The summed E-state index contributed by atoms with van der Waals surface area (Å²) in [5, 5.41) is 8.76. The predicted molar refractivity (Wildman–Crippen MR) is 69.5 cm³/mol. The Morgan fingerprint density at radius 2 is 2.00 bits per heavy atom. The van der Waals surface area contributed by atoms with Crippen molar-refractivity contribution in [1.29, 1.82) is 5.26 Å². The van der Waals surface area contributed by atoms with Crippen LogP contribution >= 0.6 is 0 Å². The van der Waals surface area contributed by atoms with Crippen LogP contribution in [-0.4, -0.2) is 18.8 Å². The molecule has 0 aliphatic heterocycles. The van der Waals surface area contributed by atoms with E-state index >= 15 is 0 Å². The highest BCUT2D eigenvalue weighted by molar-refractivity contribution is 5.00. The van der Waals surface area contributed by atoms with Crippen molar-refractivity contribution in [2.24, 2.45) is 11.7 Å². The molecule has 0 bridgehead atoms. The molecule has 98 valence electrons. The van der Waals surface area contributed by atoms with E-state index in [1.54, 1.807) is 6.92 Å². The summed E-state index contributed by atoms with van der Waals surface area (Å²) in [4.78, 5) is 0. The molecule has 0 saturated heterocycles. The van der Waals surface area contributed by atoms with Crippen LogP contribution in [0.2, 0.25) is 0 Å². The largest absolute Gasteiger partial charge is 0.381 e. The zero-order chi connectivity index (χ0) is 12.6. The lowest BCUT2D eigenvalue weighted by atomic mass is 9.90. The molecule has 0 aromatic rings. The van der Waals surface area contributed by atoms with E-state index in [1.165, 1.54) is 32.1 Å². The highest BCUT2D eigenvalue weighted by atomic mass is 16.5. The predicted octanol–water partition coefficient (Wildman–Crippen LogP) is 2.99. The van der Waals surface area contributed by atoms with Crippen molar-refractivity contribution in [2.45, 2.75) is 63.8 Å². The number of rotatable bonds is 7. The average molecular weight is 238 g/mol. The van der Waals surface area contributed by atoms with Gasteiger partial charge in [0.2, 0.25) is 0 Å². The first-order chi connectivity index (χ1) is 8.14.